The lowest BCUT2D eigenvalue weighted by Crippen LogP contribution is -2.61. The molecule has 2 aliphatic rings. The fourth-order valence-electron chi connectivity index (χ4n) is 17.2. The summed E-state index contributed by atoms with van der Waals surface area (Å²) in [7, 11) is 0. The van der Waals surface area contributed by atoms with Gasteiger partial charge in [-0.2, -0.15) is 0 Å². The third kappa shape index (κ3) is 9.81. The van der Waals surface area contributed by atoms with Crippen LogP contribution < -0.4 is 26.2 Å². The summed E-state index contributed by atoms with van der Waals surface area (Å²) in [5.41, 5.74) is 9.42. The highest BCUT2D eigenvalue weighted by atomic mass is 15.2. The van der Waals surface area contributed by atoms with Gasteiger partial charge in [-0.25, -0.2) is 0 Å². The minimum atomic E-state index is -0.913. The Morgan fingerprint density at radius 2 is 0.487 bits per heavy atom. The van der Waals surface area contributed by atoms with E-state index in [9.17, 15) is 27.4 Å². The van der Waals surface area contributed by atoms with Crippen molar-refractivity contribution < 1.29 is 43.9 Å². The van der Waals surface area contributed by atoms with Crippen molar-refractivity contribution in [2.24, 2.45) is 0 Å². The Kier molecular flexibility index (Phi) is 8.95. The molecule has 4 aromatic heterocycles. The smallest absolute Gasteiger partial charge is 0.252 e. The third-order valence-corrected chi connectivity index (χ3v) is 22.1. The maximum atomic E-state index is 9.83. The Morgan fingerprint density at radius 3 is 0.770 bits per heavy atom. The largest absolute Gasteiger partial charge is 0.311 e. The molecule has 0 N–H and O–H groups in total. The summed E-state index contributed by atoms with van der Waals surface area (Å²) < 4.78 is 303. The van der Waals surface area contributed by atoms with Gasteiger partial charge in [-0.3, -0.25) is 0 Å². The van der Waals surface area contributed by atoms with E-state index in [1.807, 2.05) is 142 Å². The van der Waals surface area contributed by atoms with Crippen LogP contribution >= 0.6 is 0 Å². The number of rotatable bonds is 10. The van der Waals surface area contributed by atoms with Crippen LogP contribution in [0.25, 0.3) is 154 Å². The second kappa shape index (κ2) is 25.1. The molecule has 6 nitrogen and oxygen atoms in total. The molecule has 0 amide bonds. The lowest BCUT2D eigenvalue weighted by atomic mass is 9.33. The SMILES string of the molecule is [2H]c1c([2H])c([2H])c2c(c1[2H])c1c([2H])c([2H])c([2H])c([2H])c1n2-c1ccc2c(c1)N(c1ccccc1-c1ccc(-c3ccccc3-n3c4c([2H])c([2H])c([2H])c([2H])c4c4c([2H])c([2H])c([2H])c([2H])c43)cc1)c1cc(C(C)(C)C)cc3c1B2c1ccc(-n2c4c([2H])c([2H])c([2H])c([2H])c4c4c([2H])c([2H])c([2H])c([2H])c42)cc1N3c1ccccc1-c1ccc(-c2ccccc2-n2c3c([2H])c([2H])c([2H])c([2H])c3c3c([2H])c([2H])c([2H])c([2H])c32)cc1. The van der Waals surface area contributed by atoms with Gasteiger partial charge >= 0.3 is 0 Å². The summed E-state index contributed by atoms with van der Waals surface area (Å²) in [6.45, 7) is 5.23. The highest BCUT2D eigenvalue weighted by Gasteiger charge is 2.45. The van der Waals surface area contributed by atoms with Crippen LogP contribution in [0.1, 0.15) is 70.2 Å². The van der Waals surface area contributed by atoms with Crippen molar-refractivity contribution in [3.63, 3.8) is 0 Å². The van der Waals surface area contributed by atoms with E-state index in [4.69, 9.17) is 16.4 Å². The van der Waals surface area contributed by atoms with Crippen LogP contribution in [0, 0.1) is 0 Å². The first-order chi connectivity index (χ1) is 69.0. The molecule has 23 rings (SSSR count). The molecule has 17 aromatic carbocycles. The number of nitrogens with zero attached hydrogens (tertiary/aromatic N) is 6. The minimum Gasteiger partial charge on any atom is -0.311 e. The van der Waals surface area contributed by atoms with E-state index >= 15 is 0 Å². The van der Waals surface area contributed by atoms with Crippen molar-refractivity contribution >= 4 is 144 Å². The summed E-state index contributed by atoms with van der Waals surface area (Å²) >= 11 is 0. The average Bonchev–Trinajstić information content (AvgIpc) is 1.63. The van der Waals surface area contributed by atoms with Gasteiger partial charge < -0.3 is 28.1 Å². The second-order valence-electron chi connectivity index (χ2n) is 29.1. The van der Waals surface area contributed by atoms with Gasteiger partial charge in [-0.15, -0.1) is 0 Å². The summed E-state index contributed by atoms with van der Waals surface area (Å²) in [5.74, 6) is 0. The van der Waals surface area contributed by atoms with E-state index in [0.717, 1.165) is 5.56 Å². The number of hydrogen-bond donors (Lipinski definition) is 0. The highest BCUT2D eigenvalue weighted by molar-refractivity contribution is 7.00. The fraction of sp³-hybridized carbons (Fsp3) is 0.0377. The summed E-state index contributed by atoms with van der Waals surface area (Å²) in [6, 6.07) is 40.9. The first kappa shape index (κ1) is 40.3. The number of aromatic nitrogens is 4. The number of fused-ring (bicyclic) bond motifs is 16. The molecule has 0 atom stereocenters. The zero-order valence-corrected chi connectivity index (χ0v) is 60.2. The first-order valence-electron chi connectivity index (χ1n) is 52.7. The average molecular weight is 1470 g/mol. The summed E-state index contributed by atoms with van der Waals surface area (Å²) in [4.78, 5) is 4.18. The molecule has 7 heteroatoms. The van der Waals surface area contributed by atoms with Crippen LogP contribution in [-0.2, 0) is 5.41 Å². The third-order valence-electron chi connectivity index (χ3n) is 22.1. The van der Waals surface area contributed by atoms with Crippen molar-refractivity contribution in [3.8, 4) is 67.3 Å². The monoisotopic (exact) mass is 1470 g/mol. The predicted octanol–water partition coefficient (Wildman–Crippen LogP) is 26.1. The van der Waals surface area contributed by atoms with Crippen LogP contribution in [-0.4, -0.2) is 25.0 Å². The van der Waals surface area contributed by atoms with Crippen molar-refractivity contribution in [1.82, 2.24) is 18.3 Å². The Bertz CT molecular complexity index is 8710. The van der Waals surface area contributed by atoms with Crippen molar-refractivity contribution in [2.75, 3.05) is 9.80 Å². The maximum absolute atomic E-state index is 9.83. The Morgan fingerprint density at radius 1 is 0.239 bits per heavy atom. The number of para-hydroxylation sites is 12. The van der Waals surface area contributed by atoms with E-state index < -0.39 is 205 Å². The highest BCUT2D eigenvalue weighted by Crippen LogP contribution is 2.52. The molecular weight excluding hydrogens is 1370 g/mol. The van der Waals surface area contributed by atoms with Gasteiger partial charge in [0.2, 0.25) is 0 Å². The topological polar surface area (TPSA) is 26.2 Å². The quantitative estimate of drug-likeness (QED) is 0.128. The van der Waals surface area contributed by atoms with Gasteiger partial charge in [0.05, 0.1) is 111 Å². The molecule has 0 bridgehead atoms. The fourth-order valence-corrected chi connectivity index (χ4v) is 17.2. The van der Waals surface area contributed by atoms with E-state index in [0.29, 0.717) is 106 Å². The molecular formula is C106H73BN6. The van der Waals surface area contributed by atoms with E-state index in [1.54, 1.807) is 60.7 Å². The zero-order valence-electron chi connectivity index (χ0n) is 92.2. The lowest BCUT2D eigenvalue weighted by Gasteiger charge is -2.46. The van der Waals surface area contributed by atoms with E-state index in [1.165, 1.54) is 18.3 Å². The molecule has 6 heterocycles. The molecule has 2 aliphatic heterocycles. The molecule has 0 saturated carbocycles. The Hall–Kier alpha value is -14.4. The van der Waals surface area contributed by atoms with Gasteiger partial charge in [0, 0.05) is 99.5 Å². The molecule has 0 unspecified atom stereocenters. The summed E-state index contributed by atoms with van der Waals surface area (Å²) in [6.07, 6.45) is 0. The number of hydrogen-bond acceptors (Lipinski definition) is 2. The van der Waals surface area contributed by atoms with E-state index in [2.05, 4.69) is 21.9 Å². The van der Waals surface area contributed by atoms with Gasteiger partial charge in [0.15, 0.2) is 0 Å². The van der Waals surface area contributed by atoms with Gasteiger partial charge in [-0.05, 0) is 159 Å². The van der Waals surface area contributed by atoms with Gasteiger partial charge in [0.1, 0.15) is 0 Å². The lowest BCUT2D eigenvalue weighted by molar-refractivity contribution is 0.590. The predicted molar refractivity (Wildman–Crippen MR) is 478 cm³/mol. The van der Waals surface area contributed by atoms with Crippen molar-refractivity contribution in [2.45, 2.75) is 26.2 Å². The van der Waals surface area contributed by atoms with Crippen LogP contribution in [0.15, 0.2) is 387 Å². The molecule has 0 spiro atoms. The van der Waals surface area contributed by atoms with Gasteiger partial charge in [0.25, 0.3) is 6.71 Å². The molecule has 0 aliphatic carbocycles. The molecule has 0 radical (unpaired) electrons. The van der Waals surface area contributed by atoms with Crippen LogP contribution in [0.4, 0.5) is 34.1 Å². The number of benzene rings is 17. The van der Waals surface area contributed by atoms with Crippen molar-refractivity contribution in [3.05, 3.63) is 393 Å². The number of anilines is 6. The van der Waals surface area contributed by atoms with Crippen LogP contribution in [0.5, 0.6) is 0 Å². The molecule has 530 valence electrons. The standard InChI is InChI=1S/C106H73BN6/c1-106(2,3)72-64-103-105-104(65-72)113(92-43-19-7-31-78(92)71-58-54-69(55-59-71)76-29-5-17-41-90(76)111-99-50-26-14-38-85(99)86-39-15-27-51-100(86)111)102-67-74(109-95-46-22-10-34-81(95)82-35-11-23-47-96(82)109)61-63-88(102)107(105)87-62-60-73(108-93-44-20-8-32-79(93)80-33-9-21-45-94(80)108)66-101(87)112(103)91-42-18-6-30-77(91)70-56-52-68(53-57-70)75-28-4-16-40-89(75)110-97-48-24-12-36-83(97)84-37-13-25-49-98(84)110/h4-67H,1-3H3/i8D,9D,10D,11D,12D,13D,14D,15D,20D,21D,22D,23D,24D,25D,26D,27D,32D,33D,34D,35D,36D,37D,38D,39D,44D,45D,46D,47D,48D,49D,50D,51D. The molecule has 0 saturated heterocycles. The van der Waals surface area contributed by atoms with Crippen LogP contribution in [0.3, 0.4) is 0 Å². The molecule has 21 aromatic rings. The van der Waals surface area contributed by atoms with E-state index in [-0.39, 0.29) is 98.6 Å². The minimum absolute atomic E-state index is 0.0775. The normalized spacial score (nSPS) is 16.6. The maximum Gasteiger partial charge on any atom is 0.252 e. The molecule has 0 fully saturated rings. The second-order valence-corrected chi connectivity index (χ2v) is 29.1. The van der Waals surface area contributed by atoms with Gasteiger partial charge in [-0.1, -0.05) is 299 Å². The Labute approximate surface area is 700 Å². The Balaban J connectivity index is 0.793. The first-order valence-corrected chi connectivity index (χ1v) is 36.7. The van der Waals surface area contributed by atoms with Crippen molar-refractivity contribution in [1.29, 1.82) is 0 Å². The zero-order chi connectivity index (χ0) is 103. The summed E-state index contributed by atoms with van der Waals surface area (Å²) in [5, 5.41) is -1.10. The van der Waals surface area contributed by atoms with Crippen LogP contribution in [0.2, 0.25) is 0 Å². The molecule has 113 heavy (non-hydrogen) atoms.